The van der Waals surface area contributed by atoms with Gasteiger partial charge in [-0.2, -0.15) is 21.6 Å². The summed E-state index contributed by atoms with van der Waals surface area (Å²) in [4.78, 5) is 52.3. The number of carbonyl (C=O) groups is 4. The van der Waals surface area contributed by atoms with Crippen molar-refractivity contribution in [2.75, 3.05) is 24.7 Å². The van der Waals surface area contributed by atoms with Crippen LogP contribution in [-0.2, 0) is 35.7 Å². The lowest BCUT2D eigenvalue weighted by atomic mass is 9.57. The first kappa shape index (κ1) is 32.2. The number of phenols is 1. The van der Waals surface area contributed by atoms with E-state index in [9.17, 15) is 61.2 Å². The van der Waals surface area contributed by atoms with Crippen LogP contribution in [0.3, 0.4) is 0 Å². The number of fused-ring (bicyclic) bond motifs is 3. The van der Waals surface area contributed by atoms with Crippen LogP contribution in [0.1, 0.15) is 17.5 Å². The number of nitrogens with two attached hydrogens (primary N) is 1. The Kier molecular flexibility index (Phi) is 7.87. The molecule has 0 heterocycles. The number of alkyl halides is 4. The molecule has 234 valence electrons. The van der Waals surface area contributed by atoms with E-state index in [1.807, 2.05) is 5.32 Å². The first-order valence-corrected chi connectivity index (χ1v) is 14.6. The van der Waals surface area contributed by atoms with Crippen LogP contribution < -0.4 is 15.2 Å². The molecule has 0 aromatic heterocycles. The molecular formula is C24H23BrF3N3O11S. The number of ketones is 2. The summed E-state index contributed by atoms with van der Waals surface area (Å²) in [6.45, 7) is 0. The summed E-state index contributed by atoms with van der Waals surface area (Å²) in [5.41, 5.74) is -7.07. The Morgan fingerprint density at radius 2 is 1.84 bits per heavy atom. The highest BCUT2D eigenvalue weighted by atomic mass is 79.9. The maximum atomic E-state index is 13.8. The lowest BCUT2D eigenvalue weighted by Crippen LogP contribution is -2.65. The Hall–Kier alpha value is -3.68. The number of nitrogens with one attached hydrogen (secondary N) is 1. The minimum absolute atomic E-state index is 0.229. The molecule has 1 aromatic carbocycles. The fourth-order valence-corrected chi connectivity index (χ4v) is 6.40. The van der Waals surface area contributed by atoms with Gasteiger partial charge >= 0.3 is 15.6 Å². The molecule has 7 N–H and O–H groups in total. The van der Waals surface area contributed by atoms with Crippen molar-refractivity contribution < 1.29 is 65.4 Å². The number of phenolic OH excluding ortho intramolecular Hbond substituents is 1. The number of aliphatic hydroxyl groups is 3. The van der Waals surface area contributed by atoms with Crippen molar-refractivity contribution in [3.8, 4) is 11.5 Å². The van der Waals surface area contributed by atoms with Crippen molar-refractivity contribution in [3.05, 3.63) is 34.1 Å². The van der Waals surface area contributed by atoms with Crippen LogP contribution in [-0.4, -0.2) is 93.7 Å². The van der Waals surface area contributed by atoms with Crippen LogP contribution in [0, 0.1) is 11.8 Å². The average molecular weight is 698 g/mol. The Balaban J connectivity index is 1.97. The summed E-state index contributed by atoms with van der Waals surface area (Å²) in [6, 6.07) is -0.679. The number of likely N-dealkylation sites (N-methyl/N-ethyl adjacent to an activating group) is 1. The van der Waals surface area contributed by atoms with E-state index >= 15 is 0 Å². The number of nitrogens with zero attached hydrogens (tertiary/aromatic N) is 1. The summed E-state index contributed by atoms with van der Waals surface area (Å²) in [5, 5.41) is 46.1. The van der Waals surface area contributed by atoms with Crippen LogP contribution >= 0.6 is 15.9 Å². The number of aliphatic hydroxyl groups excluding tert-OH is 2. The predicted molar refractivity (Wildman–Crippen MR) is 142 cm³/mol. The summed E-state index contributed by atoms with van der Waals surface area (Å²) in [7, 11) is -3.54. The molecule has 3 aliphatic carbocycles. The third-order valence-corrected chi connectivity index (χ3v) is 9.02. The number of aromatic hydroxyl groups is 1. The van der Waals surface area contributed by atoms with Gasteiger partial charge in [-0.1, -0.05) is 15.9 Å². The summed E-state index contributed by atoms with van der Waals surface area (Å²) in [5.74, 6) is -12.1. The van der Waals surface area contributed by atoms with E-state index in [0.717, 1.165) is 0 Å². The normalized spacial score (nSPS) is 25.7. The molecule has 43 heavy (non-hydrogen) atoms. The van der Waals surface area contributed by atoms with E-state index in [-0.39, 0.29) is 12.0 Å². The Morgan fingerprint density at radius 3 is 2.35 bits per heavy atom. The van der Waals surface area contributed by atoms with Gasteiger partial charge in [-0.15, -0.1) is 0 Å². The van der Waals surface area contributed by atoms with Gasteiger partial charge in [0, 0.05) is 11.5 Å². The van der Waals surface area contributed by atoms with Crippen molar-refractivity contribution in [1.82, 2.24) is 4.90 Å². The van der Waals surface area contributed by atoms with Gasteiger partial charge in [-0.25, -0.2) is 0 Å². The number of hydrogen-bond acceptors (Lipinski definition) is 12. The smallest absolute Gasteiger partial charge is 0.508 e. The van der Waals surface area contributed by atoms with E-state index in [4.69, 9.17) is 5.73 Å². The molecule has 3 aliphatic rings. The Bertz CT molecular complexity index is 1660. The van der Waals surface area contributed by atoms with E-state index < -0.39 is 120 Å². The molecule has 0 saturated heterocycles. The van der Waals surface area contributed by atoms with E-state index in [1.165, 1.54) is 19.0 Å². The quantitative estimate of drug-likeness (QED) is 0.0785. The average Bonchev–Trinajstić information content (AvgIpc) is 2.86. The fourth-order valence-electron chi connectivity index (χ4n) is 5.80. The van der Waals surface area contributed by atoms with Gasteiger partial charge < -0.3 is 35.7 Å². The van der Waals surface area contributed by atoms with Gasteiger partial charge in [0.15, 0.2) is 22.9 Å². The Labute approximate surface area is 248 Å². The summed E-state index contributed by atoms with van der Waals surface area (Å²) < 4.78 is 67.2. The lowest BCUT2D eigenvalue weighted by Gasteiger charge is -2.50. The third kappa shape index (κ3) is 4.83. The molecule has 14 nitrogen and oxygen atoms in total. The first-order chi connectivity index (χ1) is 19.7. The van der Waals surface area contributed by atoms with Crippen LogP contribution in [0.5, 0.6) is 11.5 Å². The van der Waals surface area contributed by atoms with Crippen molar-refractivity contribution in [3.63, 3.8) is 0 Å². The maximum Gasteiger partial charge on any atom is 0.534 e. The molecule has 1 saturated carbocycles. The van der Waals surface area contributed by atoms with Gasteiger partial charge in [-0.05, 0) is 44.5 Å². The highest BCUT2D eigenvalue weighted by molar-refractivity contribution is 9.09. The minimum Gasteiger partial charge on any atom is -0.508 e. The van der Waals surface area contributed by atoms with Gasteiger partial charge in [0.05, 0.1) is 16.9 Å². The van der Waals surface area contributed by atoms with Crippen molar-refractivity contribution in [1.29, 1.82) is 0 Å². The number of amides is 2. The third-order valence-electron chi connectivity index (χ3n) is 7.54. The zero-order valence-electron chi connectivity index (χ0n) is 22.0. The molecule has 0 bridgehead atoms. The molecule has 0 aliphatic heterocycles. The predicted octanol–water partition coefficient (Wildman–Crippen LogP) is 0.526. The van der Waals surface area contributed by atoms with Crippen molar-refractivity contribution in [2.24, 2.45) is 17.6 Å². The first-order valence-electron chi connectivity index (χ1n) is 12.1. The number of rotatable bonds is 6. The Morgan fingerprint density at radius 1 is 1.23 bits per heavy atom. The number of benzene rings is 1. The van der Waals surface area contributed by atoms with E-state index in [0.29, 0.717) is 6.07 Å². The molecular weight excluding hydrogens is 675 g/mol. The van der Waals surface area contributed by atoms with Crippen LogP contribution in [0.4, 0.5) is 18.9 Å². The zero-order chi connectivity index (χ0) is 32.6. The second kappa shape index (κ2) is 10.5. The zero-order valence-corrected chi connectivity index (χ0v) is 24.4. The molecule has 4 rings (SSSR count). The molecule has 19 heteroatoms. The van der Waals surface area contributed by atoms with Crippen molar-refractivity contribution >= 4 is 60.9 Å². The second-order valence-corrected chi connectivity index (χ2v) is 12.4. The van der Waals surface area contributed by atoms with Gasteiger partial charge in [0.2, 0.25) is 11.7 Å². The molecule has 0 radical (unpaired) electrons. The highest BCUT2D eigenvalue weighted by Gasteiger charge is 2.64. The molecule has 2 amide bonds. The number of halogens is 4. The molecule has 3 unspecified atom stereocenters. The number of hydrogen-bond donors (Lipinski definition) is 6. The van der Waals surface area contributed by atoms with Gasteiger partial charge in [0.25, 0.3) is 5.91 Å². The second-order valence-electron chi connectivity index (χ2n) is 10.3. The monoisotopic (exact) mass is 697 g/mol. The van der Waals surface area contributed by atoms with Crippen molar-refractivity contribution in [2.45, 2.75) is 30.0 Å². The summed E-state index contributed by atoms with van der Waals surface area (Å²) in [6.07, 6.45) is -0.733. The van der Waals surface area contributed by atoms with Crippen LogP contribution in [0.25, 0.3) is 5.76 Å². The minimum atomic E-state index is -6.32. The maximum absolute atomic E-state index is 13.8. The number of anilines is 1. The highest BCUT2D eigenvalue weighted by Crippen LogP contribution is 2.54. The van der Waals surface area contributed by atoms with Gasteiger partial charge in [-0.3, -0.25) is 24.1 Å². The standard InChI is InChI=1S/C24H23BrF3N3O11S/c1-31(2)16-9-4-7-3-8-5-10(42-43(40,41)24(26,27)28)15(30-11(32)6-25)18(34)12(8)17(33)13(7)20(36)23(9,39)21(37)14(19(16)35)22(29)38/h5,7,9,16,33-34,37,39H,3-4,6H2,1-2H3,(H2,29,38)(H,30,32)/t7?,9?,16-,23?/m0/s1. The molecule has 1 aromatic rings. The topological polar surface area (TPSA) is 234 Å². The fraction of sp³-hybridized carbons (Fsp3) is 0.417. The van der Waals surface area contributed by atoms with E-state index in [1.54, 1.807) is 0 Å². The molecule has 1 fully saturated rings. The molecule has 0 spiro atoms. The summed E-state index contributed by atoms with van der Waals surface area (Å²) >= 11 is 2.78. The largest absolute Gasteiger partial charge is 0.534 e. The van der Waals surface area contributed by atoms with Gasteiger partial charge in [0.1, 0.15) is 22.8 Å². The van der Waals surface area contributed by atoms with Crippen LogP contribution in [0.2, 0.25) is 0 Å². The lowest BCUT2D eigenvalue weighted by molar-refractivity contribution is -0.153. The number of Topliss-reactive ketones (excluding diaryl/α,β-unsaturated/α-hetero) is 2. The number of primary amides is 1. The number of carbonyl (C=O) groups excluding carboxylic acids is 4. The molecule has 4 atom stereocenters. The van der Waals surface area contributed by atoms with E-state index in [2.05, 4.69) is 20.1 Å². The SMILES string of the molecule is CN(C)[C@@H]1C(=O)C(C(N)=O)=C(O)C2(O)C(=O)C3=C(O)c4c(cc(OS(=O)(=O)C(F)(F)F)c(NC(=O)CBr)c4O)CC3CC12. The van der Waals surface area contributed by atoms with Crippen LogP contribution in [0.15, 0.2) is 23.0 Å².